The summed E-state index contributed by atoms with van der Waals surface area (Å²) in [6.45, 7) is 4.32. The van der Waals surface area contributed by atoms with E-state index in [1.807, 2.05) is 12.1 Å². The number of nitrogens with two attached hydrogens (primary N) is 2. The fourth-order valence-electron chi connectivity index (χ4n) is 2.17. The lowest BCUT2D eigenvalue weighted by molar-refractivity contribution is 0.549. The monoisotopic (exact) mass is 202 g/mol. The fraction of sp³-hybridized carbons (Fsp3) is 0.385. The molecule has 0 saturated carbocycles. The molecule has 4 N–H and O–H groups in total. The van der Waals surface area contributed by atoms with Gasteiger partial charge in [-0.05, 0) is 22.6 Å². The Balaban J connectivity index is 2.52. The summed E-state index contributed by atoms with van der Waals surface area (Å²) in [5, 5.41) is 0. The molecule has 2 rings (SSSR count). The summed E-state index contributed by atoms with van der Waals surface area (Å²) in [4.78, 5) is 0. The van der Waals surface area contributed by atoms with E-state index in [9.17, 15) is 0 Å². The first-order valence-corrected chi connectivity index (χ1v) is 5.43. The minimum absolute atomic E-state index is 0.0418. The van der Waals surface area contributed by atoms with Gasteiger partial charge in [-0.15, -0.1) is 0 Å². The van der Waals surface area contributed by atoms with Gasteiger partial charge in [-0.3, -0.25) is 0 Å². The van der Waals surface area contributed by atoms with Gasteiger partial charge in [-0.1, -0.05) is 44.2 Å². The van der Waals surface area contributed by atoms with Crippen LogP contribution in [0.15, 0.2) is 29.8 Å². The summed E-state index contributed by atoms with van der Waals surface area (Å²) < 4.78 is 0. The lowest BCUT2D eigenvalue weighted by atomic mass is 9.81. The molecule has 0 radical (unpaired) electrons. The third kappa shape index (κ3) is 1.71. The molecule has 1 aliphatic carbocycles. The molecule has 2 unspecified atom stereocenters. The summed E-state index contributed by atoms with van der Waals surface area (Å²) in [5.41, 5.74) is 15.9. The lowest BCUT2D eigenvalue weighted by Crippen LogP contribution is -2.39. The van der Waals surface area contributed by atoms with Crippen molar-refractivity contribution in [2.45, 2.75) is 25.9 Å². The molecular formula is C13H18N2. The van der Waals surface area contributed by atoms with Crippen molar-refractivity contribution in [3.63, 3.8) is 0 Å². The van der Waals surface area contributed by atoms with E-state index >= 15 is 0 Å². The molecule has 0 amide bonds. The minimum atomic E-state index is -0.0661. The highest BCUT2D eigenvalue weighted by Crippen LogP contribution is 2.32. The van der Waals surface area contributed by atoms with E-state index in [0.29, 0.717) is 5.92 Å². The largest absolute Gasteiger partial charge is 0.323 e. The van der Waals surface area contributed by atoms with Crippen LogP contribution in [-0.2, 0) is 0 Å². The number of rotatable bonds is 1. The van der Waals surface area contributed by atoms with Crippen molar-refractivity contribution in [3.05, 3.63) is 41.0 Å². The molecule has 0 saturated heterocycles. The Hall–Kier alpha value is -1.12. The molecule has 15 heavy (non-hydrogen) atoms. The molecule has 80 valence electrons. The van der Waals surface area contributed by atoms with E-state index in [4.69, 9.17) is 11.5 Å². The van der Waals surface area contributed by atoms with E-state index in [2.05, 4.69) is 32.1 Å². The molecule has 0 fully saturated rings. The average Bonchev–Trinajstić information content (AvgIpc) is 2.23. The Morgan fingerprint density at radius 2 is 1.73 bits per heavy atom. The maximum absolute atomic E-state index is 6.15. The summed E-state index contributed by atoms with van der Waals surface area (Å²) in [7, 11) is 0. The van der Waals surface area contributed by atoms with Crippen LogP contribution in [0.2, 0.25) is 0 Å². The molecular weight excluding hydrogens is 184 g/mol. The second kappa shape index (κ2) is 3.80. The average molecular weight is 202 g/mol. The Kier molecular flexibility index (Phi) is 2.63. The van der Waals surface area contributed by atoms with Crippen molar-refractivity contribution in [2.24, 2.45) is 17.4 Å². The van der Waals surface area contributed by atoms with Gasteiger partial charge >= 0.3 is 0 Å². The fourth-order valence-corrected chi connectivity index (χ4v) is 2.17. The molecule has 2 atom stereocenters. The number of hydrogen-bond donors (Lipinski definition) is 2. The van der Waals surface area contributed by atoms with Crippen molar-refractivity contribution in [1.82, 2.24) is 0 Å². The lowest BCUT2D eigenvalue weighted by Gasteiger charge is -2.31. The van der Waals surface area contributed by atoms with Crippen molar-refractivity contribution in [2.75, 3.05) is 0 Å². The zero-order chi connectivity index (χ0) is 11.0. The first-order chi connectivity index (χ1) is 7.11. The van der Waals surface area contributed by atoms with Crippen LogP contribution in [-0.4, -0.2) is 6.04 Å². The van der Waals surface area contributed by atoms with Crippen LogP contribution >= 0.6 is 0 Å². The van der Waals surface area contributed by atoms with Gasteiger partial charge in [-0.2, -0.15) is 0 Å². The van der Waals surface area contributed by atoms with Gasteiger partial charge < -0.3 is 11.5 Å². The van der Waals surface area contributed by atoms with Crippen molar-refractivity contribution < 1.29 is 0 Å². The van der Waals surface area contributed by atoms with E-state index in [1.165, 1.54) is 11.1 Å². The second-order valence-electron chi connectivity index (χ2n) is 4.48. The maximum atomic E-state index is 6.15. The van der Waals surface area contributed by atoms with Gasteiger partial charge in [0.15, 0.2) is 0 Å². The van der Waals surface area contributed by atoms with Gasteiger partial charge in [0.1, 0.15) is 0 Å². The summed E-state index contributed by atoms with van der Waals surface area (Å²) in [6.07, 6.45) is 2.19. The summed E-state index contributed by atoms with van der Waals surface area (Å²) in [5.74, 6) is 0.458. The molecule has 0 aromatic heterocycles. The van der Waals surface area contributed by atoms with Crippen LogP contribution in [0, 0.1) is 5.92 Å². The third-order valence-corrected chi connectivity index (χ3v) is 3.12. The standard InChI is InChI=1S/C13H18N2/c1-8(2)11-7-9-5-3-4-6-10(9)12(14)13(11)15/h3-8,12-13H,14-15H2,1-2H3. The topological polar surface area (TPSA) is 52.0 Å². The van der Waals surface area contributed by atoms with Gasteiger partial charge in [-0.25, -0.2) is 0 Å². The normalized spacial score (nSPS) is 25.0. The predicted octanol–water partition coefficient (Wildman–Crippen LogP) is 2.07. The number of fused-ring (bicyclic) bond motifs is 1. The predicted molar refractivity (Wildman–Crippen MR) is 64.2 cm³/mol. The zero-order valence-corrected chi connectivity index (χ0v) is 9.27. The number of benzene rings is 1. The van der Waals surface area contributed by atoms with E-state index in [1.54, 1.807) is 0 Å². The first-order valence-electron chi connectivity index (χ1n) is 5.43. The molecule has 2 nitrogen and oxygen atoms in total. The van der Waals surface area contributed by atoms with E-state index < -0.39 is 0 Å². The van der Waals surface area contributed by atoms with Crippen LogP contribution in [0.3, 0.4) is 0 Å². The summed E-state index contributed by atoms with van der Waals surface area (Å²) >= 11 is 0. The number of hydrogen-bond acceptors (Lipinski definition) is 2. The van der Waals surface area contributed by atoms with Gasteiger partial charge in [0.05, 0.1) is 0 Å². The van der Waals surface area contributed by atoms with Crippen molar-refractivity contribution >= 4 is 6.08 Å². The smallest absolute Gasteiger partial charge is 0.0494 e. The first kappa shape index (κ1) is 10.4. The Labute approximate surface area is 91.0 Å². The minimum Gasteiger partial charge on any atom is -0.323 e. The SMILES string of the molecule is CC(C)C1=Cc2ccccc2C(N)C1N. The van der Waals surface area contributed by atoms with Gasteiger partial charge in [0.2, 0.25) is 0 Å². The highest BCUT2D eigenvalue weighted by molar-refractivity contribution is 5.63. The third-order valence-electron chi connectivity index (χ3n) is 3.12. The van der Waals surface area contributed by atoms with Gasteiger partial charge in [0, 0.05) is 12.1 Å². The second-order valence-corrected chi connectivity index (χ2v) is 4.48. The van der Waals surface area contributed by atoms with Gasteiger partial charge in [0.25, 0.3) is 0 Å². The zero-order valence-electron chi connectivity index (χ0n) is 9.27. The molecule has 0 spiro atoms. The van der Waals surface area contributed by atoms with Crippen molar-refractivity contribution in [1.29, 1.82) is 0 Å². The Bertz CT molecular complexity index is 393. The van der Waals surface area contributed by atoms with Crippen LogP contribution in [0.5, 0.6) is 0 Å². The molecule has 0 aliphatic heterocycles. The highest BCUT2D eigenvalue weighted by atomic mass is 14.8. The molecule has 2 heteroatoms. The van der Waals surface area contributed by atoms with Crippen LogP contribution in [0.25, 0.3) is 6.08 Å². The Morgan fingerprint density at radius 3 is 2.40 bits per heavy atom. The quantitative estimate of drug-likeness (QED) is 0.732. The van der Waals surface area contributed by atoms with Crippen LogP contribution in [0.4, 0.5) is 0 Å². The van der Waals surface area contributed by atoms with Crippen LogP contribution < -0.4 is 11.5 Å². The van der Waals surface area contributed by atoms with Crippen LogP contribution in [0.1, 0.15) is 31.0 Å². The molecule has 0 bridgehead atoms. The molecule has 1 aromatic carbocycles. The van der Waals surface area contributed by atoms with E-state index in [0.717, 1.165) is 5.56 Å². The molecule has 1 aliphatic rings. The molecule has 0 heterocycles. The summed E-state index contributed by atoms with van der Waals surface area (Å²) in [6, 6.07) is 8.11. The Morgan fingerprint density at radius 1 is 1.07 bits per heavy atom. The van der Waals surface area contributed by atoms with Crippen molar-refractivity contribution in [3.8, 4) is 0 Å². The maximum Gasteiger partial charge on any atom is 0.0494 e. The highest BCUT2D eigenvalue weighted by Gasteiger charge is 2.26. The van der Waals surface area contributed by atoms with E-state index in [-0.39, 0.29) is 12.1 Å². The molecule has 1 aromatic rings.